The molecular weight excluding hydrogens is 643 g/mol. The molecule has 0 aromatic heterocycles. The standard InChI is InChI=1S/C51H83NO/c1-3-34-18-22-37(23-19-34)41-28-42(38-24-20-35(4-2)21-25-38)30-43(29-41)40-26-27-46-50(33-40)53-49-17-11-16-45(51(46)49)48-32-44(36-12-7-5-8-13-36)31-47(52-48)39-14-9-6-10-15-39/h3-4,34-52H,1-2,5-33H2. The molecule has 1 N–H and O–H groups in total. The van der Waals surface area contributed by atoms with Crippen LogP contribution >= 0.6 is 0 Å². The van der Waals surface area contributed by atoms with E-state index < -0.39 is 0 Å². The molecule has 7 saturated carbocycles. The summed E-state index contributed by atoms with van der Waals surface area (Å²) in [5.41, 5.74) is 0. The van der Waals surface area contributed by atoms with Crippen LogP contribution in [0.25, 0.3) is 0 Å². The lowest BCUT2D eigenvalue weighted by atomic mass is 9.57. The van der Waals surface area contributed by atoms with Crippen molar-refractivity contribution in [3.05, 3.63) is 25.3 Å². The van der Waals surface area contributed by atoms with Gasteiger partial charge in [0.1, 0.15) is 0 Å². The molecule has 7 aliphatic carbocycles. The molecule has 2 aliphatic heterocycles. The van der Waals surface area contributed by atoms with E-state index in [0.717, 1.165) is 94.9 Å². The normalized spacial score (nSPS) is 49.1. The molecule has 9 aliphatic rings. The summed E-state index contributed by atoms with van der Waals surface area (Å²) in [6.07, 6.45) is 48.7. The van der Waals surface area contributed by atoms with Crippen molar-refractivity contribution in [1.82, 2.24) is 5.32 Å². The Morgan fingerprint density at radius 2 is 0.868 bits per heavy atom. The molecule has 298 valence electrons. The molecule has 2 nitrogen and oxygen atoms in total. The zero-order valence-corrected chi connectivity index (χ0v) is 34.4. The third-order valence-corrected chi connectivity index (χ3v) is 19.4. The lowest BCUT2D eigenvalue weighted by Crippen LogP contribution is -2.56. The molecule has 11 unspecified atom stereocenters. The zero-order chi connectivity index (χ0) is 35.7. The lowest BCUT2D eigenvalue weighted by Gasteiger charge is -2.50. The quantitative estimate of drug-likeness (QED) is 0.252. The van der Waals surface area contributed by atoms with Crippen molar-refractivity contribution < 1.29 is 4.74 Å². The highest BCUT2D eigenvalue weighted by Crippen LogP contribution is 2.57. The number of piperidine rings is 1. The minimum absolute atomic E-state index is 0.569. The Labute approximate surface area is 327 Å². The van der Waals surface area contributed by atoms with Crippen LogP contribution in [0, 0.1) is 82.9 Å². The second-order valence-corrected chi connectivity index (χ2v) is 21.8. The van der Waals surface area contributed by atoms with Crippen molar-refractivity contribution in [2.24, 2.45) is 82.9 Å². The van der Waals surface area contributed by atoms with E-state index in [4.69, 9.17) is 4.74 Å². The number of fused-ring (bicyclic) bond motifs is 3. The van der Waals surface area contributed by atoms with Gasteiger partial charge < -0.3 is 10.1 Å². The minimum atomic E-state index is 0.569. The molecule has 9 fully saturated rings. The maximum atomic E-state index is 7.39. The SMILES string of the molecule is C=CC1CCC(C2CC(C3CCC(C=C)CC3)CC(C3CCC4C(C3)OC3CCCC(C5CC(C6CCCCC6)CC(C6CCCCC6)N5)C34)C2)CC1. The Bertz CT molecular complexity index is 1100. The number of allylic oxidation sites excluding steroid dienone is 2. The molecular formula is C51H83NO. The molecule has 9 rings (SSSR count). The Kier molecular flexibility index (Phi) is 12.5. The van der Waals surface area contributed by atoms with E-state index in [1.807, 2.05) is 0 Å². The van der Waals surface area contributed by atoms with Gasteiger partial charge >= 0.3 is 0 Å². The molecule has 0 bridgehead atoms. The van der Waals surface area contributed by atoms with Gasteiger partial charge in [0.05, 0.1) is 12.2 Å². The molecule has 53 heavy (non-hydrogen) atoms. The van der Waals surface area contributed by atoms with Crippen LogP contribution in [0.1, 0.15) is 186 Å². The maximum Gasteiger partial charge on any atom is 0.0614 e. The first-order chi connectivity index (χ1) is 26.1. The Morgan fingerprint density at radius 3 is 1.47 bits per heavy atom. The van der Waals surface area contributed by atoms with E-state index in [1.165, 1.54) is 167 Å². The van der Waals surface area contributed by atoms with Crippen LogP contribution in [-0.2, 0) is 4.74 Å². The van der Waals surface area contributed by atoms with Crippen molar-refractivity contribution in [2.45, 2.75) is 210 Å². The first-order valence-corrected chi connectivity index (χ1v) is 24.8. The van der Waals surface area contributed by atoms with E-state index in [2.05, 4.69) is 30.6 Å². The van der Waals surface area contributed by atoms with Gasteiger partial charge in [0.25, 0.3) is 0 Å². The van der Waals surface area contributed by atoms with Gasteiger partial charge in [-0.1, -0.05) is 69.9 Å². The summed E-state index contributed by atoms with van der Waals surface area (Å²) < 4.78 is 7.39. The van der Waals surface area contributed by atoms with Crippen LogP contribution in [0.4, 0.5) is 0 Å². The van der Waals surface area contributed by atoms with E-state index >= 15 is 0 Å². The monoisotopic (exact) mass is 726 g/mol. The molecule has 0 aromatic carbocycles. The first kappa shape index (κ1) is 37.9. The first-order valence-electron chi connectivity index (χ1n) is 24.8. The van der Waals surface area contributed by atoms with Crippen LogP contribution in [-0.4, -0.2) is 24.3 Å². The smallest absolute Gasteiger partial charge is 0.0614 e. The van der Waals surface area contributed by atoms with E-state index in [-0.39, 0.29) is 0 Å². The number of ether oxygens (including phenoxy) is 1. The van der Waals surface area contributed by atoms with Crippen LogP contribution in [0.3, 0.4) is 0 Å². The van der Waals surface area contributed by atoms with Gasteiger partial charge in [-0.2, -0.15) is 0 Å². The minimum Gasteiger partial charge on any atom is -0.374 e. The fourth-order valence-electron chi connectivity index (χ4n) is 16.5. The van der Waals surface area contributed by atoms with Crippen molar-refractivity contribution in [1.29, 1.82) is 0 Å². The summed E-state index contributed by atoms with van der Waals surface area (Å²) in [5.74, 6) is 13.0. The molecule has 2 saturated heterocycles. The third-order valence-electron chi connectivity index (χ3n) is 19.4. The number of rotatable bonds is 8. The third kappa shape index (κ3) is 8.37. The van der Waals surface area contributed by atoms with Gasteiger partial charge in [-0.25, -0.2) is 0 Å². The Hall–Kier alpha value is -0.600. The van der Waals surface area contributed by atoms with Crippen LogP contribution in [0.5, 0.6) is 0 Å². The number of hydrogen-bond acceptors (Lipinski definition) is 2. The maximum absolute atomic E-state index is 7.39. The number of hydrogen-bond donors (Lipinski definition) is 1. The van der Waals surface area contributed by atoms with Gasteiger partial charge in [-0.15, -0.1) is 13.2 Å². The highest BCUT2D eigenvalue weighted by Gasteiger charge is 2.55. The molecule has 2 heteroatoms. The molecule has 0 amide bonds. The van der Waals surface area contributed by atoms with E-state index in [9.17, 15) is 0 Å². The van der Waals surface area contributed by atoms with Gasteiger partial charge in [0, 0.05) is 12.1 Å². The predicted octanol–water partition coefficient (Wildman–Crippen LogP) is 13.5. The summed E-state index contributed by atoms with van der Waals surface area (Å²) in [6, 6.07) is 1.57. The largest absolute Gasteiger partial charge is 0.374 e. The second kappa shape index (κ2) is 17.5. The van der Waals surface area contributed by atoms with Crippen LogP contribution in [0.2, 0.25) is 0 Å². The zero-order valence-electron chi connectivity index (χ0n) is 34.4. The Balaban J connectivity index is 0.886. The van der Waals surface area contributed by atoms with Crippen LogP contribution < -0.4 is 5.32 Å². The highest BCUT2D eigenvalue weighted by molar-refractivity contribution is 5.05. The van der Waals surface area contributed by atoms with Crippen molar-refractivity contribution in [3.8, 4) is 0 Å². The lowest BCUT2D eigenvalue weighted by molar-refractivity contribution is -0.0303. The summed E-state index contributed by atoms with van der Waals surface area (Å²) in [7, 11) is 0. The molecule has 0 spiro atoms. The molecule has 2 heterocycles. The van der Waals surface area contributed by atoms with E-state index in [0.29, 0.717) is 12.2 Å². The average molecular weight is 726 g/mol. The Morgan fingerprint density at radius 1 is 0.358 bits per heavy atom. The fraction of sp³-hybridized carbons (Fsp3) is 0.922. The molecule has 11 atom stereocenters. The summed E-state index contributed by atoms with van der Waals surface area (Å²) in [5, 5.41) is 4.55. The van der Waals surface area contributed by atoms with Gasteiger partial charge in [-0.3, -0.25) is 0 Å². The highest BCUT2D eigenvalue weighted by atomic mass is 16.5. The van der Waals surface area contributed by atoms with Gasteiger partial charge in [0.2, 0.25) is 0 Å². The number of nitrogens with one attached hydrogen (secondary N) is 1. The van der Waals surface area contributed by atoms with Gasteiger partial charge in [0.15, 0.2) is 0 Å². The predicted molar refractivity (Wildman–Crippen MR) is 223 cm³/mol. The molecule has 0 aromatic rings. The molecule has 0 radical (unpaired) electrons. The van der Waals surface area contributed by atoms with Crippen molar-refractivity contribution in [2.75, 3.05) is 0 Å². The summed E-state index contributed by atoms with van der Waals surface area (Å²) in [6.45, 7) is 8.38. The van der Waals surface area contributed by atoms with Crippen molar-refractivity contribution >= 4 is 0 Å². The van der Waals surface area contributed by atoms with Gasteiger partial charge in [-0.05, 0) is 211 Å². The van der Waals surface area contributed by atoms with Crippen molar-refractivity contribution in [3.63, 3.8) is 0 Å². The second-order valence-electron chi connectivity index (χ2n) is 21.8. The average Bonchev–Trinajstić information content (AvgIpc) is 3.62. The summed E-state index contributed by atoms with van der Waals surface area (Å²) in [4.78, 5) is 0. The van der Waals surface area contributed by atoms with Crippen LogP contribution in [0.15, 0.2) is 25.3 Å². The summed E-state index contributed by atoms with van der Waals surface area (Å²) >= 11 is 0. The van der Waals surface area contributed by atoms with E-state index in [1.54, 1.807) is 19.3 Å². The fourth-order valence-corrected chi connectivity index (χ4v) is 16.5. The topological polar surface area (TPSA) is 21.3 Å².